The van der Waals surface area contributed by atoms with Crippen molar-refractivity contribution in [2.24, 2.45) is 0 Å². The van der Waals surface area contributed by atoms with Gasteiger partial charge in [-0.3, -0.25) is 4.68 Å². The van der Waals surface area contributed by atoms with Gasteiger partial charge in [-0.2, -0.15) is 14.7 Å². The molecule has 0 atom stereocenters. The minimum Gasteiger partial charge on any atom is -0.269 e. The minimum atomic E-state index is -3.69. The van der Waals surface area contributed by atoms with E-state index >= 15 is 0 Å². The quantitative estimate of drug-likeness (QED) is 0.855. The van der Waals surface area contributed by atoms with Gasteiger partial charge in [0.05, 0.1) is 12.3 Å². The van der Waals surface area contributed by atoms with Crippen molar-refractivity contribution in [3.05, 3.63) is 12.4 Å². The molecule has 7 heteroatoms. The van der Waals surface area contributed by atoms with Gasteiger partial charge in [-0.1, -0.05) is 19.3 Å². The van der Waals surface area contributed by atoms with E-state index in [2.05, 4.69) is 11.2 Å². The van der Waals surface area contributed by atoms with E-state index in [-0.39, 0.29) is 10.9 Å². The summed E-state index contributed by atoms with van der Waals surface area (Å²) >= 11 is 0. The molecule has 0 bridgehead atoms. The maximum absolute atomic E-state index is 12.8. The molecule has 116 valence electrons. The number of sulfonamides is 1. The lowest BCUT2D eigenvalue weighted by Crippen LogP contribution is -2.49. The first kappa shape index (κ1) is 16.0. The Hall–Kier alpha value is -1.39. The highest BCUT2D eigenvalue weighted by molar-refractivity contribution is 7.89. The molecule has 1 aromatic rings. The summed E-state index contributed by atoms with van der Waals surface area (Å²) in [5.74, 6) is 0. The predicted molar refractivity (Wildman–Crippen MR) is 79.0 cm³/mol. The number of nitriles is 1. The Morgan fingerprint density at radius 1 is 1.38 bits per heavy atom. The molecule has 1 aliphatic carbocycles. The number of hydrogen-bond donors (Lipinski definition) is 0. The lowest BCUT2D eigenvalue weighted by Gasteiger charge is -2.37. The van der Waals surface area contributed by atoms with Crippen LogP contribution in [0, 0.1) is 11.3 Å². The Morgan fingerprint density at radius 3 is 2.48 bits per heavy atom. The average Bonchev–Trinajstić information content (AvgIpc) is 2.98. The molecule has 1 aliphatic rings. The van der Waals surface area contributed by atoms with Crippen molar-refractivity contribution in [2.75, 3.05) is 7.05 Å². The second kappa shape index (κ2) is 5.78. The second-order valence-corrected chi connectivity index (χ2v) is 7.90. The van der Waals surface area contributed by atoms with Gasteiger partial charge in [-0.15, -0.1) is 0 Å². The average molecular weight is 310 g/mol. The molecular formula is C14H22N4O2S. The first-order valence-electron chi connectivity index (χ1n) is 7.28. The lowest BCUT2D eigenvalue weighted by atomic mass is 9.83. The van der Waals surface area contributed by atoms with Gasteiger partial charge in [0.1, 0.15) is 10.4 Å². The number of aromatic nitrogens is 2. The number of hydrogen-bond acceptors (Lipinski definition) is 4. The van der Waals surface area contributed by atoms with Gasteiger partial charge in [0, 0.05) is 19.3 Å². The molecule has 0 amide bonds. The molecule has 0 spiro atoms. The van der Waals surface area contributed by atoms with Crippen molar-refractivity contribution in [2.45, 2.75) is 62.4 Å². The molecule has 0 radical (unpaired) electrons. The van der Waals surface area contributed by atoms with Crippen LogP contribution in [0.15, 0.2) is 17.3 Å². The first-order chi connectivity index (χ1) is 9.83. The predicted octanol–water partition coefficient (Wildman–Crippen LogP) is 2.31. The van der Waals surface area contributed by atoms with Gasteiger partial charge in [-0.25, -0.2) is 8.42 Å². The Morgan fingerprint density at radius 2 is 2.00 bits per heavy atom. The summed E-state index contributed by atoms with van der Waals surface area (Å²) in [7, 11) is -2.18. The Labute approximate surface area is 126 Å². The molecular weight excluding hydrogens is 288 g/mol. The highest BCUT2D eigenvalue weighted by atomic mass is 32.2. The maximum atomic E-state index is 12.8. The number of nitrogens with zero attached hydrogens (tertiary/aromatic N) is 4. The van der Waals surface area contributed by atoms with Gasteiger partial charge in [0.2, 0.25) is 10.0 Å². The zero-order chi connectivity index (χ0) is 15.7. The van der Waals surface area contributed by atoms with Gasteiger partial charge in [0.25, 0.3) is 0 Å². The second-order valence-electron chi connectivity index (χ2n) is 5.93. The van der Waals surface area contributed by atoms with Gasteiger partial charge in [0.15, 0.2) is 0 Å². The Balaban J connectivity index is 2.35. The van der Waals surface area contributed by atoms with Crippen LogP contribution in [0.5, 0.6) is 0 Å². The van der Waals surface area contributed by atoms with E-state index < -0.39 is 15.6 Å². The Bertz CT molecular complexity index is 636. The van der Waals surface area contributed by atoms with E-state index in [1.54, 1.807) is 4.68 Å². The monoisotopic (exact) mass is 310 g/mol. The van der Waals surface area contributed by atoms with Crippen LogP contribution in [0.1, 0.15) is 52.0 Å². The van der Waals surface area contributed by atoms with E-state index in [4.69, 9.17) is 0 Å². The topological polar surface area (TPSA) is 79.0 Å². The van der Waals surface area contributed by atoms with Crippen LogP contribution >= 0.6 is 0 Å². The molecule has 1 heterocycles. The summed E-state index contributed by atoms with van der Waals surface area (Å²) < 4.78 is 28.4. The summed E-state index contributed by atoms with van der Waals surface area (Å²) in [5.41, 5.74) is -0.920. The summed E-state index contributed by atoms with van der Waals surface area (Å²) in [5, 5.41) is 13.6. The van der Waals surface area contributed by atoms with Crippen LogP contribution in [-0.4, -0.2) is 35.1 Å². The van der Waals surface area contributed by atoms with Gasteiger partial charge in [-0.05, 0) is 26.7 Å². The molecule has 1 saturated carbocycles. The third-order valence-electron chi connectivity index (χ3n) is 4.26. The fourth-order valence-corrected chi connectivity index (χ4v) is 4.18. The van der Waals surface area contributed by atoms with E-state index in [1.165, 1.54) is 23.7 Å². The standard InChI is InChI=1S/C14H22N4O2S/c1-12(2)18-10-13(9-16-18)21(19,20)17(3)14(11-15)7-5-4-6-8-14/h9-10,12H,4-8H2,1-3H3. The SMILES string of the molecule is CC(C)n1cc(S(=O)(=O)N(C)C2(C#N)CCCCC2)cn1. The molecule has 0 unspecified atom stereocenters. The molecule has 0 aliphatic heterocycles. The third-order valence-corrected chi connectivity index (χ3v) is 6.13. The highest BCUT2D eigenvalue weighted by Gasteiger charge is 2.43. The molecule has 21 heavy (non-hydrogen) atoms. The van der Waals surface area contributed by atoms with Crippen LogP contribution in [0.2, 0.25) is 0 Å². The minimum absolute atomic E-state index is 0.0962. The van der Waals surface area contributed by atoms with Crippen molar-refractivity contribution in [1.29, 1.82) is 5.26 Å². The maximum Gasteiger partial charge on any atom is 0.247 e. The largest absolute Gasteiger partial charge is 0.269 e. The third kappa shape index (κ3) is 2.83. The van der Waals surface area contributed by atoms with E-state index in [9.17, 15) is 13.7 Å². The molecule has 0 N–H and O–H groups in total. The molecule has 2 rings (SSSR count). The smallest absolute Gasteiger partial charge is 0.247 e. The molecule has 0 aromatic carbocycles. The van der Waals surface area contributed by atoms with E-state index in [0.29, 0.717) is 12.8 Å². The fourth-order valence-electron chi connectivity index (χ4n) is 2.76. The van der Waals surface area contributed by atoms with Gasteiger partial charge >= 0.3 is 0 Å². The van der Waals surface area contributed by atoms with Crippen molar-refractivity contribution < 1.29 is 8.42 Å². The van der Waals surface area contributed by atoms with E-state index in [0.717, 1.165) is 19.3 Å². The Kier molecular flexibility index (Phi) is 4.40. The first-order valence-corrected chi connectivity index (χ1v) is 8.72. The molecule has 1 aromatic heterocycles. The van der Waals surface area contributed by atoms with Crippen LogP contribution in [0.3, 0.4) is 0 Å². The van der Waals surface area contributed by atoms with E-state index in [1.807, 2.05) is 13.8 Å². The summed E-state index contributed by atoms with van der Waals surface area (Å²) in [6.07, 6.45) is 6.92. The molecule has 0 saturated heterocycles. The summed E-state index contributed by atoms with van der Waals surface area (Å²) in [4.78, 5) is 0.152. The van der Waals surface area contributed by atoms with Gasteiger partial charge < -0.3 is 0 Å². The fraction of sp³-hybridized carbons (Fsp3) is 0.714. The zero-order valence-electron chi connectivity index (χ0n) is 12.8. The number of rotatable bonds is 4. The normalized spacial score (nSPS) is 18.9. The molecule has 6 nitrogen and oxygen atoms in total. The van der Waals surface area contributed by atoms with Crippen molar-refractivity contribution in [3.8, 4) is 6.07 Å². The van der Waals surface area contributed by atoms with Crippen LogP contribution < -0.4 is 0 Å². The summed E-state index contributed by atoms with van der Waals surface area (Å²) in [6.45, 7) is 3.87. The van der Waals surface area contributed by atoms with Crippen molar-refractivity contribution in [3.63, 3.8) is 0 Å². The highest BCUT2D eigenvalue weighted by Crippen LogP contribution is 2.35. The van der Waals surface area contributed by atoms with Crippen LogP contribution in [-0.2, 0) is 10.0 Å². The van der Waals surface area contributed by atoms with Crippen LogP contribution in [0.25, 0.3) is 0 Å². The lowest BCUT2D eigenvalue weighted by molar-refractivity contribution is 0.212. The molecule has 1 fully saturated rings. The zero-order valence-corrected chi connectivity index (χ0v) is 13.6. The van der Waals surface area contributed by atoms with Crippen LogP contribution in [0.4, 0.5) is 0 Å². The summed E-state index contributed by atoms with van der Waals surface area (Å²) in [6, 6.07) is 2.34. The van der Waals surface area contributed by atoms with Crippen molar-refractivity contribution >= 4 is 10.0 Å². The van der Waals surface area contributed by atoms with Crippen molar-refractivity contribution in [1.82, 2.24) is 14.1 Å².